The van der Waals surface area contributed by atoms with Crippen molar-refractivity contribution in [3.63, 3.8) is 0 Å². The summed E-state index contributed by atoms with van der Waals surface area (Å²) in [5.41, 5.74) is 1.86. The van der Waals surface area contributed by atoms with Crippen molar-refractivity contribution in [1.82, 2.24) is 24.3 Å². The van der Waals surface area contributed by atoms with Crippen LogP contribution in [-0.2, 0) is 22.6 Å². The number of rotatable bonds is 9. The topological polar surface area (TPSA) is 130 Å². The zero-order valence-electron chi connectivity index (χ0n) is 21.0. The van der Waals surface area contributed by atoms with E-state index in [1.165, 1.54) is 11.7 Å². The first-order valence-electron chi connectivity index (χ1n) is 11.6. The Labute approximate surface area is 222 Å². The van der Waals surface area contributed by atoms with Crippen LogP contribution in [0.25, 0.3) is 0 Å². The van der Waals surface area contributed by atoms with E-state index in [-0.39, 0.29) is 36.5 Å². The Morgan fingerprint density at radius 2 is 1.76 bits per heavy atom. The third kappa shape index (κ3) is 6.43. The predicted octanol–water partition coefficient (Wildman–Crippen LogP) is 3.61. The highest BCUT2D eigenvalue weighted by Gasteiger charge is 2.16. The first-order chi connectivity index (χ1) is 18.2. The van der Waals surface area contributed by atoms with Crippen molar-refractivity contribution in [1.29, 1.82) is 0 Å². The lowest BCUT2D eigenvalue weighted by Crippen LogP contribution is -2.43. The van der Waals surface area contributed by atoms with Crippen LogP contribution in [-0.4, -0.2) is 37.4 Å². The molecule has 0 saturated carbocycles. The molecule has 2 heterocycles. The van der Waals surface area contributed by atoms with Crippen LogP contribution in [0.3, 0.4) is 0 Å². The first-order valence-corrected chi connectivity index (χ1v) is 12.0. The molecule has 0 radical (unpaired) electrons. The molecule has 4 rings (SSSR count). The SMILES string of the molecule is COC(=O)CCn1c(=O)nc(Nc2ccc(Oc3ccc(Cl)nn3)c(C)c2)n(Cc2ccc(C)cc2)c1=O. The number of aromatic nitrogens is 5. The monoisotopic (exact) mass is 536 g/mol. The van der Waals surface area contributed by atoms with Gasteiger partial charge in [0, 0.05) is 18.3 Å². The largest absolute Gasteiger partial charge is 0.469 e. The van der Waals surface area contributed by atoms with E-state index in [1.54, 1.807) is 30.3 Å². The maximum Gasteiger partial charge on any atom is 0.354 e. The third-order valence-corrected chi connectivity index (χ3v) is 5.83. The van der Waals surface area contributed by atoms with Gasteiger partial charge in [-0.2, -0.15) is 4.98 Å². The van der Waals surface area contributed by atoms with Crippen LogP contribution in [0.15, 0.2) is 64.2 Å². The maximum atomic E-state index is 13.4. The summed E-state index contributed by atoms with van der Waals surface area (Å²) in [6.45, 7) is 3.81. The third-order valence-electron chi connectivity index (χ3n) is 5.63. The molecule has 2 aromatic heterocycles. The number of nitrogens with zero attached hydrogens (tertiary/aromatic N) is 5. The molecule has 196 valence electrons. The number of hydrogen-bond acceptors (Lipinski definition) is 9. The van der Waals surface area contributed by atoms with E-state index in [4.69, 9.17) is 16.3 Å². The van der Waals surface area contributed by atoms with Gasteiger partial charge in [0.1, 0.15) is 5.75 Å². The summed E-state index contributed by atoms with van der Waals surface area (Å²) < 4.78 is 12.7. The summed E-state index contributed by atoms with van der Waals surface area (Å²) in [4.78, 5) is 41.9. The summed E-state index contributed by atoms with van der Waals surface area (Å²) in [7, 11) is 1.24. The zero-order valence-corrected chi connectivity index (χ0v) is 21.7. The molecular weight excluding hydrogens is 512 g/mol. The molecule has 0 aliphatic heterocycles. The highest BCUT2D eigenvalue weighted by atomic mass is 35.5. The molecule has 2 aromatic carbocycles. The summed E-state index contributed by atoms with van der Waals surface area (Å²) in [5.74, 6) is 0.343. The van der Waals surface area contributed by atoms with Crippen LogP contribution >= 0.6 is 11.6 Å². The van der Waals surface area contributed by atoms with E-state index in [0.29, 0.717) is 11.4 Å². The number of hydrogen-bond donors (Lipinski definition) is 1. The van der Waals surface area contributed by atoms with Gasteiger partial charge in [-0.1, -0.05) is 41.4 Å². The van der Waals surface area contributed by atoms with Crippen LogP contribution < -0.4 is 21.4 Å². The summed E-state index contributed by atoms with van der Waals surface area (Å²) in [5, 5.41) is 11.0. The van der Waals surface area contributed by atoms with Gasteiger partial charge in [-0.15, -0.1) is 10.2 Å². The first kappa shape index (κ1) is 26.6. The molecule has 38 heavy (non-hydrogen) atoms. The molecule has 0 aliphatic rings. The van der Waals surface area contributed by atoms with Crippen molar-refractivity contribution < 1.29 is 14.3 Å². The smallest absolute Gasteiger partial charge is 0.354 e. The van der Waals surface area contributed by atoms with E-state index in [0.717, 1.165) is 21.3 Å². The van der Waals surface area contributed by atoms with Crippen molar-refractivity contribution in [3.8, 4) is 11.6 Å². The lowest BCUT2D eigenvalue weighted by atomic mass is 10.1. The fourth-order valence-electron chi connectivity index (χ4n) is 3.58. The van der Waals surface area contributed by atoms with Crippen molar-refractivity contribution in [2.45, 2.75) is 33.4 Å². The molecule has 0 spiro atoms. The highest BCUT2D eigenvalue weighted by Crippen LogP contribution is 2.27. The number of methoxy groups -OCH3 is 1. The maximum absolute atomic E-state index is 13.4. The number of aryl methyl sites for hydroxylation is 2. The molecule has 1 N–H and O–H groups in total. The molecule has 12 heteroatoms. The van der Waals surface area contributed by atoms with Gasteiger partial charge in [0.15, 0.2) is 5.15 Å². The van der Waals surface area contributed by atoms with Crippen LogP contribution in [0.4, 0.5) is 11.6 Å². The van der Waals surface area contributed by atoms with Gasteiger partial charge in [-0.25, -0.2) is 14.2 Å². The minimum absolute atomic E-state index is 0.0616. The molecule has 0 fully saturated rings. The molecule has 0 saturated heterocycles. The highest BCUT2D eigenvalue weighted by molar-refractivity contribution is 6.29. The molecule has 0 aliphatic carbocycles. The Morgan fingerprint density at radius 3 is 2.42 bits per heavy atom. The summed E-state index contributed by atoms with van der Waals surface area (Å²) in [6, 6.07) is 16.0. The number of anilines is 2. The van der Waals surface area contributed by atoms with Crippen LogP contribution in [0.2, 0.25) is 5.15 Å². The molecule has 11 nitrogen and oxygen atoms in total. The van der Waals surface area contributed by atoms with Gasteiger partial charge in [-0.3, -0.25) is 9.36 Å². The number of benzene rings is 2. The number of carbonyl (C=O) groups excluding carboxylic acids is 1. The normalized spacial score (nSPS) is 10.7. The van der Waals surface area contributed by atoms with E-state index >= 15 is 0 Å². The van der Waals surface area contributed by atoms with Crippen molar-refractivity contribution in [3.05, 3.63) is 97.4 Å². The Balaban J connectivity index is 1.66. The second-order valence-electron chi connectivity index (χ2n) is 8.45. The lowest BCUT2D eigenvalue weighted by molar-refractivity contribution is -0.140. The van der Waals surface area contributed by atoms with E-state index in [1.807, 2.05) is 38.1 Å². The quantitative estimate of drug-likeness (QED) is 0.319. The number of carbonyl (C=O) groups is 1. The summed E-state index contributed by atoms with van der Waals surface area (Å²) in [6.07, 6.45) is -0.136. The second-order valence-corrected chi connectivity index (χ2v) is 8.84. The molecule has 4 aromatic rings. The van der Waals surface area contributed by atoms with Gasteiger partial charge < -0.3 is 14.8 Å². The van der Waals surface area contributed by atoms with Crippen LogP contribution in [0.1, 0.15) is 23.1 Å². The Bertz CT molecular complexity index is 1570. The second kappa shape index (κ2) is 11.7. The van der Waals surface area contributed by atoms with Gasteiger partial charge >= 0.3 is 17.3 Å². The average molecular weight is 537 g/mol. The molecular formula is C26H25ClN6O5. The minimum Gasteiger partial charge on any atom is -0.469 e. The fraction of sp³-hybridized carbons (Fsp3) is 0.231. The number of nitrogens with one attached hydrogen (secondary N) is 1. The number of halogens is 1. The van der Waals surface area contributed by atoms with Gasteiger partial charge in [0.05, 0.1) is 20.1 Å². The minimum atomic E-state index is -0.778. The van der Waals surface area contributed by atoms with Crippen LogP contribution in [0.5, 0.6) is 11.6 Å². The number of esters is 1. The Hall–Kier alpha value is -4.51. The molecule has 0 bridgehead atoms. The summed E-state index contributed by atoms with van der Waals surface area (Å²) >= 11 is 5.77. The predicted molar refractivity (Wildman–Crippen MR) is 141 cm³/mol. The Kier molecular flexibility index (Phi) is 8.17. The van der Waals surface area contributed by atoms with Gasteiger partial charge in [0.2, 0.25) is 11.8 Å². The Morgan fingerprint density at radius 1 is 1.00 bits per heavy atom. The average Bonchev–Trinajstić information content (AvgIpc) is 2.90. The molecule has 0 amide bonds. The van der Waals surface area contributed by atoms with Crippen molar-refractivity contribution in [2.75, 3.05) is 12.4 Å². The molecule has 0 atom stereocenters. The van der Waals surface area contributed by atoms with E-state index in [9.17, 15) is 14.4 Å². The molecule has 0 unspecified atom stereocenters. The lowest BCUT2D eigenvalue weighted by Gasteiger charge is -2.16. The standard InChI is InChI=1S/C26H25ClN6O5/c1-16-4-6-18(7-5-16)15-33-24(29-25(35)32(26(33)36)13-12-23(34)37-3)28-19-8-9-20(17(2)14-19)38-22-11-10-21(27)30-31-22/h4-11,14H,12-13,15H2,1-3H3,(H,28,29,35). The zero-order chi connectivity index (χ0) is 27.2. The van der Waals surface area contributed by atoms with Gasteiger partial charge in [0.25, 0.3) is 0 Å². The van der Waals surface area contributed by atoms with Gasteiger partial charge in [-0.05, 0) is 49.2 Å². The van der Waals surface area contributed by atoms with Crippen molar-refractivity contribution in [2.24, 2.45) is 0 Å². The van der Waals surface area contributed by atoms with E-state index in [2.05, 4.69) is 25.2 Å². The number of ether oxygens (including phenoxy) is 2. The fourth-order valence-corrected chi connectivity index (χ4v) is 3.68. The van der Waals surface area contributed by atoms with E-state index < -0.39 is 17.3 Å². The van der Waals surface area contributed by atoms with Crippen molar-refractivity contribution >= 4 is 29.2 Å². The van der Waals surface area contributed by atoms with Crippen LogP contribution in [0, 0.1) is 13.8 Å².